The highest BCUT2D eigenvalue weighted by molar-refractivity contribution is 6.33. The summed E-state index contributed by atoms with van der Waals surface area (Å²) in [6.07, 6.45) is -3.62. The fraction of sp³-hybridized carbons (Fsp3) is 0.292. The molecule has 0 saturated carbocycles. The Hall–Kier alpha value is -3.68. The topological polar surface area (TPSA) is 117 Å². The summed E-state index contributed by atoms with van der Waals surface area (Å²) in [6, 6.07) is 6.67. The predicted octanol–water partition coefficient (Wildman–Crippen LogP) is 3.81. The number of hydrogen-bond donors (Lipinski definition) is 1. The SMILES string of the molecule is C=C/C(Cl)=C\C=C(/C)c1nn(Cc2nc(-c3ccccc3Cl)nn2CC(=O)OC)c(=O)n1C[C@H](O)C(F)(F)F. The fourth-order valence-corrected chi connectivity index (χ4v) is 3.60. The molecular weight excluding hydrogens is 564 g/mol. The lowest BCUT2D eigenvalue weighted by Gasteiger charge is -2.15. The summed E-state index contributed by atoms with van der Waals surface area (Å²) in [7, 11) is 1.18. The minimum Gasteiger partial charge on any atom is -0.468 e. The Bertz CT molecular complexity index is 1490. The number of methoxy groups -OCH3 is 1. The Morgan fingerprint density at radius 3 is 2.54 bits per heavy atom. The lowest BCUT2D eigenvalue weighted by molar-refractivity contribution is -0.207. The van der Waals surface area contributed by atoms with Gasteiger partial charge >= 0.3 is 17.8 Å². The molecule has 39 heavy (non-hydrogen) atoms. The number of aliphatic hydroxyl groups excluding tert-OH is 1. The second-order valence-electron chi connectivity index (χ2n) is 8.10. The highest BCUT2D eigenvalue weighted by Crippen LogP contribution is 2.25. The molecular formula is C24H23Cl2F3N6O4. The number of esters is 1. The average Bonchev–Trinajstić information content (AvgIpc) is 3.42. The van der Waals surface area contributed by atoms with Crippen LogP contribution in [0.1, 0.15) is 18.6 Å². The normalized spacial score (nSPS) is 13.4. The summed E-state index contributed by atoms with van der Waals surface area (Å²) in [5.41, 5.74) is -0.250. The van der Waals surface area contributed by atoms with E-state index >= 15 is 0 Å². The number of hydrogen-bond acceptors (Lipinski definition) is 7. The van der Waals surface area contributed by atoms with Gasteiger partial charge in [0.1, 0.15) is 18.9 Å². The average molecular weight is 587 g/mol. The molecule has 0 aliphatic rings. The van der Waals surface area contributed by atoms with Crippen LogP contribution in [0.3, 0.4) is 0 Å². The monoisotopic (exact) mass is 586 g/mol. The predicted molar refractivity (Wildman–Crippen MR) is 138 cm³/mol. The summed E-state index contributed by atoms with van der Waals surface area (Å²) < 4.78 is 46.8. The Balaban J connectivity index is 2.12. The smallest absolute Gasteiger partial charge is 0.416 e. The van der Waals surface area contributed by atoms with Crippen molar-refractivity contribution in [2.45, 2.75) is 38.8 Å². The van der Waals surface area contributed by atoms with Gasteiger partial charge in [0, 0.05) is 10.6 Å². The number of halogens is 5. The molecule has 15 heteroatoms. The van der Waals surface area contributed by atoms with Crippen molar-refractivity contribution in [2.75, 3.05) is 7.11 Å². The van der Waals surface area contributed by atoms with Crippen molar-refractivity contribution in [3.05, 3.63) is 81.3 Å². The lowest BCUT2D eigenvalue weighted by atomic mass is 10.2. The van der Waals surface area contributed by atoms with E-state index in [2.05, 4.69) is 21.8 Å². The summed E-state index contributed by atoms with van der Waals surface area (Å²) >= 11 is 12.2. The molecule has 3 aromatic rings. The quantitative estimate of drug-likeness (QED) is 0.283. The highest BCUT2D eigenvalue weighted by Gasteiger charge is 2.39. The highest BCUT2D eigenvalue weighted by atomic mass is 35.5. The minimum absolute atomic E-state index is 0.0706. The van der Waals surface area contributed by atoms with Crippen molar-refractivity contribution in [2.24, 2.45) is 0 Å². The van der Waals surface area contributed by atoms with Crippen molar-refractivity contribution < 1.29 is 27.8 Å². The van der Waals surface area contributed by atoms with E-state index in [1.165, 1.54) is 36.9 Å². The lowest BCUT2D eigenvalue weighted by Crippen LogP contribution is -2.37. The number of rotatable bonds is 10. The Kier molecular flexibility index (Phi) is 9.54. The molecule has 0 saturated heterocycles. The van der Waals surface area contributed by atoms with Crippen molar-refractivity contribution in [3.8, 4) is 11.4 Å². The molecule has 0 radical (unpaired) electrons. The van der Waals surface area contributed by atoms with Crippen LogP contribution in [0.2, 0.25) is 5.02 Å². The molecule has 2 aromatic heterocycles. The van der Waals surface area contributed by atoms with Gasteiger partial charge in [-0.25, -0.2) is 19.1 Å². The second kappa shape index (κ2) is 12.5. The van der Waals surface area contributed by atoms with Gasteiger partial charge in [0.2, 0.25) is 0 Å². The third kappa shape index (κ3) is 7.25. The van der Waals surface area contributed by atoms with E-state index < -0.39 is 30.5 Å². The van der Waals surface area contributed by atoms with Gasteiger partial charge in [-0.05, 0) is 30.7 Å². The van der Waals surface area contributed by atoms with Gasteiger partial charge in [-0.3, -0.25) is 9.36 Å². The molecule has 0 bridgehead atoms. The van der Waals surface area contributed by atoms with Gasteiger partial charge in [0.25, 0.3) is 0 Å². The molecule has 0 fully saturated rings. The number of carbonyl (C=O) groups excluding carboxylic acids is 1. The Morgan fingerprint density at radius 1 is 1.23 bits per heavy atom. The maximum atomic E-state index is 13.2. The van der Waals surface area contributed by atoms with E-state index in [4.69, 9.17) is 27.9 Å². The third-order valence-corrected chi connectivity index (χ3v) is 5.97. The van der Waals surface area contributed by atoms with Crippen LogP contribution in [0.25, 0.3) is 17.0 Å². The summed E-state index contributed by atoms with van der Waals surface area (Å²) in [6.45, 7) is 3.14. The zero-order chi connectivity index (χ0) is 28.9. The van der Waals surface area contributed by atoms with Crippen LogP contribution >= 0.6 is 23.2 Å². The third-order valence-electron chi connectivity index (χ3n) is 5.36. The summed E-state index contributed by atoms with van der Waals surface area (Å²) in [5.74, 6) is -0.608. The number of aromatic nitrogens is 6. The van der Waals surface area contributed by atoms with Crippen LogP contribution in [0, 0.1) is 0 Å². The van der Waals surface area contributed by atoms with Gasteiger partial charge in [-0.15, -0.1) is 5.10 Å². The Morgan fingerprint density at radius 2 is 1.92 bits per heavy atom. The van der Waals surface area contributed by atoms with Crippen molar-refractivity contribution in [1.82, 2.24) is 29.1 Å². The first-order valence-corrected chi connectivity index (χ1v) is 12.0. The van der Waals surface area contributed by atoms with Crippen LogP contribution in [0.4, 0.5) is 13.2 Å². The molecule has 0 spiro atoms. The number of carbonyl (C=O) groups is 1. The first-order chi connectivity index (χ1) is 18.3. The summed E-state index contributed by atoms with van der Waals surface area (Å²) in [5, 5.41) is 18.7. The molecule has 208 valence electrons. The molecule has 1 aromatic carbocycles. The van der Waals surface area contributed by atoms with Crippen LogP contribution in [-0.4, -0.2) is 59.6 Å². The van der Waals surface area contributed by atoms with Crippen molar-refractivity contribution in [1.29, 1.82) is 0 Å². The molecule has 1 N–H and O–H groups in total. The molecule has 2 heterocycles. The number of allylic oxidation sites excluding steroid dienone is 5. The van der Waals surface area contributed by atoms with Gasteiger partial charge in [0.15, 0.2) is 17.8 Å². The van der Waals surface area contributed by atoms with E-state index in [9.17, 15) is 27.9 Å². The maximum absolute atomic E-state index is 13.2. The van der Waals surface area contributed by atoms with Crippen LogP contribution < -0.4 is 5.69 Å². The fourth-order valence-electron chi connectivity index (χ4n) is 3.32. The van der Waals surface area contributed by atoms with Crippen molar-refractivity contribution >= 4 is 34.7 Å². The van der Waals surface area contributed by atoms with Crippen LogP contribution in [0.15, 0.2) is 58.9 Å². The number of nitrogens with zero attached hydrogens (tertiary/aromatic N) is 6. The number of alkyl halides is 3. The van der Waals surface area contributed by atoms with Gasteiger partial charge in [-0.1, -0.05) is 54.1 Å². The maximum Gasteiger partial charge on any atom is 0.416 e. The molecule has 1 atom stereocenters. The van der Waals surface area contributed by atoms with Crippen LogP contribution in [0.5, 0.6) is 0 Å². The largest absolute Gasteiger partial charge is 0.468 e. The second-order valence-corrected chi connectivity index (χ2v) is 8.95. The van der Waals surface area contributed by atoms with E-state index in [-0.39, 0.29) is 41.2 Å². The van der Waals surface area contributed by atoms with E-state index in [0.29, 0.717) is 15.2 Å². The number of benzene rings is 1. The molecule has 0 aliphatic carbocycles. The first kappa shape index (κ1) is 29.9. The molecule has 0 amide bonds. The molecule has 3 rings (SSSR count). The van der Waals surface area contributed by atoms with Gasteiger partial charge in [0.05, 0.1) is 18.7 Å². The minimum atomic E-state index is -4.98. The number of aliphatic hydroxyl groups is 1. The molecule has 0 unspecified atom stereocenters. The standard InChI is InChI=1S/C24H23Cl2F3N6O4/c1-4-15(25)10-9-14(2)22-32-35(23(38)33(22)11-18(36)24(27,28)29)12-19-30-21(16-7-5-6-8-17(16)26)31-34(19)13-20(37)39-3/h4-10,18,36H,1,11-13H2,2-3H3/b14-9+,15-10+/t18-/m0/s1. The van der Waals surface area contributed by atoms with Crippen LogP contribution in [-0.2, 0) is 29.2 Å². The van der Waals surface area contributed by atoms with E-state index in [1.807, 2.05) is 0 Å². The zero-order valence-corrected chi connectivity index (χ0v) is 22.2. The number of ether oxygens (including phenoxy) is 1. The summed E-state index contributed by atoms with van der Waals surface area (Å²) in [4.78, 5) is 29.6. The van der Waals surface area contributed by atoms with Gasteiger partial charge < -0.3 is 9.84 Å². The Labute approximate surface area is 230 Å². The zero-order valence-electron chi connectivity index (χ0n) is 20.7. The van der Waals surface area contributed by atoms with Gasteiger partial charge in [-0.2, -0.15) is 18.3 Å². The molecule has 10 nitrogen and oxygen atoms in total. The van der Waals surface area contributed by atoms with E-state index in [1.54, 1.807) is 24.3 Å². The van der Waals surface area contributed by atoms with Crippen molar-refractivity contribution in [3.63, 3.8) is 0 Å². The molecule has 0 aliphatic heterocycles. The van der Waals surface area contributed by atoms with E-state index in [0.717, 1.165) is 4.68 Å². The first-order valence-electron chi connectivity index (χ1n) is 11.2.